The summed E-state index contributed by atoms with van der Waals surface area (Å²) in [5, 5.41) is 6.48. The molecule has 0 radical (unpaired) electrons. The number of carbonyl (C=O) groups excluding carboxylic acids is 1. The monoisotopic (exact) mass is 508 g/mol. The minimum atomic E-state index is -0.0423. The molecule has 2 amide bonds. The van der Waals surface area contributed by atoms with Crippen molar-refractivity contribution in [3.63, 3.8) is 0 Å². The van der Waals surface area contributed by atoms with Crippen LogP contribution in [0.3, 0.4) is 0 Å². The highest BCUT2D eigenvalue weighted by molar-refractivity contribution is 5.89. The van der Waals surface area contributed by atoms with E-state index >= 15 is 0 Å². The van der Waals surface area contributed by atoms with Gasteiger partial charge in [-0.05, 0) is 80.5 Å². The number of hydrogen-bond donors (Lipinski definition) is 2. The fourth-order valence-corrected chi connectivity index (χ4v) is 5.69. The van der Waals surface area contributed by atoms with Gasteiger partial charge in [0, 0.05) is 54.5 Å². The van der Waals surface area contributed by atoms with Crippen molar-refractivity contribution in [3.05, 3.63) is 95.6 Å². The lowest BCUT2D eigenvalue weighted by Crippen LogP contribution is -2.69. The Kier molecular flexibility index (Phi) is 8.28. The van der Waals surface area contributed by atoms with Crippen LogP contribution in [0.2, 0.25) is 0 Å². The van der Waals surface area contributed by atoms with Crippen LogP contribution in [0.15, 0.2) is 78.9 Å². The second kappa shape index (κ2) is 12.2. The molecule has 1 unspecified atom stereocenters. The Bertz CT molecular complexity index is 1260. The number of hydrogen-bond acceptors (Lipinski definition) is 4. The maximum atomic E-state index is 13.3. The summed E-state index contributed by atoms with van der Waals surface area (Å²) < 4.78 is 5.24. The summed E-state index contributed by atoms with van der Waals surface area (Å²) in [6, 6.07) is 26.9. The molecule has 2 N–H and O–H groups in total. The van der Waals surface area contributed by atoms with Crippen LogP contribution in [0.1, 0.15) is 35.4 Å². The summed E-state index contributed by atoms with van der Waals surface area (Å²) >= 11 is 0. The molecule has 3 aromatic rings. The predicted molar refractivity (Wildman–Crippen MR) is 153 cm³/mol. The van der Waals surface area contributed by atoms with E-state index < -0.39 is 0 Å². The lowest BCUT2D eigenvalue weighted by Gasteiger charge is -2.57. The fraction of sp³-hybridized carbons (Fsp3) is 0.344. The van der Waals surface area contributed by atoms with E-state index in [1.165, 1.54) is 5.56 Å². The number of ether oxygens (including phenoxy) is 1. The predicted octanol–water partition coefficient (Wildman–Crippen LogP) is 4.78. The van der Waals surface area contributed by atoms with Crippen molar-refractivity contribution in [2.75, 3.05) is 45.7 Å². The Hall–Kier alpha value is -3.79. The second-order valence-corrected chi connectivity index (χ2v) is 10.0. The van der Waals surface area contributed by atoms with Gasteiger partial charge in [0.15, 0.2) is 0 Å². The van der Waals surface area contributed by atoms with Gasteiger partial charge in [0.25, 0.3) is 0 Å². The van der Waals surface area contributed by atoms with Crippen LogP contribution < -0.4 is 15.4 Å². The molecule has 196 valence electrons. The highest BCUT2D eigenvalue weighted by Crippen LogP contribution is 2.42. The largest absolute Gasteiger partial charge is 0.497 e. The van der Waals surface area contributed by atoms with Crippen LogP contribution in [0, 0.1) is 11.8 Å². The quantitative estimate of drug-likeness (QED) is 0.487. The minimum absolute atomic E-state index is 0.0423. The summed E-state index contributed by atoms with van der Waals surface area (Å²) in [5.74, 6) is 7.66. The van der Waals surface area contributed by atoms with Gasteiger partial charge in [-0.1, -0.05) is 42.2 Å². The van der Waals surface area contributed by atoms with Crippen molar-refractivity contribution in [2.24, 2.45) is 0 Å². The molecular weight excluding hydrogens is 472 g/mol. The van der Waals surface area contributed by atoms with Crippen LogP contribution in [0.25, 0.3) is 0 Å². The Morgan fingerprint density at radius 1 is 0.921 bits per heavy atom. The average molecular weight is 509 g/mol. The molecule has 5 rings (SSSR count). The summed E-state index contributed by atoms with van der Waals surface area (Å²) in [6.07, 6.45) is 2.09. The number of carbonyl (C=O) groups is 1. The van der Waals surface area contributed by atoms with Crippen molar-refractivity contribution in [3.8, 4) is 17.6 Å². The van der Waals surface area contributed by atoms with Gasteiger partial charge in [0.05, 0.1) is 7.11 Å². The molecule has 2 saturated heterocycles. The van der Waals surface area contributed by atoms with Gasteiger partial charge in [-0.25, -0.2) is 4.79 Å². The Balaban J connectivity index is 1.31. The van der Waals surface area contributed by atoms with Gasteiger partial charge in [-0.2, -0.15) is 0 Å². The van der Waals surface area contributed by atoms with Crippen LogP contribution in [0.5, 0.6) is 5.75 Å². The van der Waals surface area contributed by atoms with Crippen LogP contribution in [-0.2, 0) is 0 Å². The molecule has 3 atom stereocenters. The Labute approximate surface area is 226 Å². The van der Waals surface area contributed by atoms with E-state index in [1.54, 1.807) is 7.11 Å². The average Bonchev–Trinajstić information content (AvgIpc) is 2.94. The van der Waals surface area contributed by atoms with Crippen molar-refractivity contribution < 1.29 is 9.53 Å². The smallest absolute Gasteiger partial charge is 0.321 e. The van der Waals surface area contributed by atoms with Crippen molar-refractivity contribution in [2.45, 2.75) is 30.8 Å². The number of rotatable bonds is 5. The number of anilines is 1. The van der Waals surface area contributed by atoms with E-state index in [-0.39, 0.29) is 12.1 Å². The van der Waals surface area contributed by atoms with E-state index in [4.69, 9.17) is 4.74 Å². The molecule has 3 aromatic carbocycles. The zero-order chi connectivity index (χ0) is 26.3. The van der Waals surface area contributed by atoms with E-state index in [1.807, 2.05) is 66.5 Å². The molecule has 6 nitrogen and oxygen atoms in total. The molecule has 2 aliphatic rings. The number of amides is 2. The maximum Gasteiger partial charge on any atom is 0.321 e. The number of fused-ring (bicyclic) bond motifs is 1. The third-order valence-electron chi connectivity index (χ3n) is 7.65. The van der Waals surface area contributed by atoms with E-state index in [2.05, 4.69) is 51.6 Å². The SMILES string of the molecule is CNC[C@@H]1C(c2ccc(C#Cc3ccccc3)cc2)[C@@H]2CN(C(=O)Nc3ccc(OC)cc3)CCCCN12. The van der Waals surface area contributed by atoms with Gasteiger partial charge in [0.1, 0.15) is 5.75 Å². The third kappa shape index (κ3) is 5.85. The highest BCUT2D eigenvalue weighted by atomic mass is 16.5. The minimum Gasteiger partial charge on any atom is -0.497 e. The van der Waals surface area contributed by atoms with Crippen molar-refractivity contribution in [1.29, 1.82) is 0 Å². The zero-order valence-corrected chi connectivity index (χ0v) is 22.2. The standard InChI is InChI=1S/C32H36N4O2/c1-33-22-29-31(26-14-12-25(13-15-26)11-10-24-8-4-3-5-9-24)30-23-35(20-6-7-21-36(29)30)32(37)34-27-16-18-28(38-2)19-17-27/h3-5,8-9,12-19,29-31,33H,6-7,20-23H2,1-2H3,(H,34,37)/t29-,30+,31?/m1/s1. The molecule has 0 bridgehead atoms. The maximum absolute atomic E-state index is 13.3. The molecule has 6 heteroatoms. The lowest BCUT2D eigenvalue weighted by molar-refractivity contribution is -0.0335. The first-order chi connectivity index (χ1) is 18.7. The molecular formula is C32H36N4O2. The summed E-state index contributed by atoms with van der Waals surface area (Å²) in [6.45, 7) is 3.48. The summed E-state index contributed by atoms with van der Waals surface area (Å²) in [7, 11) is 3.66. The topological polar surface area (TPSA) is 56.8 Å². The van der Waals surface area contributed by atoms with Gasteiger partial charge >= 0.3 is 6.03 Å². The van der Waals surface area contributed by atoms with Gasteiger partial charge in [-0.15, -0.1) is 0 Å². The zero-order valence-electron chi connectivity index (χ0n) is 22.2. The number of nitrogens with zero attached hydrogens (tertiary/aromatic N) is 2. The van der Waals surface area contributed by atoms with Crippen LogP contribution in [0.4, 0.5) is 10.5 Å². The molecule has 2 aliphatic heterocycles. The molecule has 2 heterocycles. The second-order valence-electron chi connectivity index (χ2n) is 10.0. The lowest BCUT2D eigenvalue weighted by atomic mass is 9.74. The Morgan fingerprint density at radius 3 is 2.29 bits per heavy atom. The Morgan fingerprint density at radius 2 is 1.61 bits per heavy atom. The number of nitrogens with one attached hydrogen (secondary N) is 2. The molecule has 0 aliphatic carbocycles. The molecule has 0 aromatic heterocycles. The summed E-state index contributed by atoms with van der Waals surface area (Å²) in [5.41, 5.74) is 4.12. The molecule has 0 saturated carbocycles. The number of benzene rings is 3. The van der Waals surface area contributed by atoms with E-state index in [9.17, 15) is 4.79 Å². The molecule has 2 fully saturated rings. The van der Waals surface area contributed by atoms with E-state index in [0.29, 0.717) is 18.5 Å². The first kappa shape index (κ1) is 25.8. The first-order valence-corrected chi connectivity index (χ1v) is 13.4. The normalized spacial score (nSPS) is 21.1. The van der Waals surface area contributed by atoms with E-state index in [0.717, 1.165) is 55.0 Å². The molecule has 38 heavy (non-hydrogen) atoms. The van der Waals surface area contributed by atoms with Crippen LogP contribution in [-0.4, -0.2) is 68.3 Å². The van der Waals surface area contributed by atoms with Gasteiger partial charge in [-0.3, -0.25) is 4.90 Å². The number of urea groups is 1. The number of likely N-dealkylation sites (N-methyl/N-ethyl adjacent to an activating group) is 1. The first-order valence-electron chi connectivity index (χ1n) is 13.4. The highest BCUT2D eigenvalue weighted by Gasteiger charge is 2.49. The fourth-order valence-electron chi connectivity index (χ4n) is 5.69. The third-order valence-corrected chi connectivity index (χ3v) is 7.65. The van der Waals surface area contributed by atoms with Crippen molar-refractivity contribution >= 4 is 11.7 Å². The van der Waals surface area contributed by atoms with Crippen LogP contribution >= 0.6 is 0 Å². The van der Waals surface area contributed by atoms with Gasteiger partial charge < -0.3 is 20.3 Å². The van der Waals surface area contributed by atoms with Gasteiger partial charge in [0.2, 0.25) is 0 Å². The van der Waals surface area contributed by atoms with Crippen molar-refractivity contribution in [1.82, 2.24) is 15.1 Å². The molecule has 0 spiro atoms. The number of methoxy groups -OCH3 is 1. The summed E-state index contributed by atoms with van der Waals surface area (Å²) in [4.78, 5) is 17.9.